The number of fused-ring (bicyclic) bond motifs is 1. The number of ether oxygens (including phenoxy) is 1. The van der Waals surface area contributed by atoms with Crippen molar-refractivity contribution in [1.82, 2.24) is 5.32 Å². The molecule has 20 heavy (non-hydrogen) atoms. The molecule has 2 nitrogen and oxygen atoms in total. The van der Waals surface area contributed by atoms with E-state index in [1.165, 1.54) is 23.3 Å². The Labute approximate surface area is 124 Å². The van der Waals surface area contributed by atoms with Gasteiger partial charge in [0, 0.05) is 28.9 Å². The largest absolute Gasteiger partial charge is 0.493 e. The van der Waals surface area contributed by atoms with Crippen molar-refractivity contribution in [2.24, 2.45) is 0 Å². The number of nitrogens with one attached hydrogen (secondary N) is 1. The van der Waals surface area contributed by atoms with Crippen LogP contribution in [0.15, 0.2) is 41.8 Å². The zero-order chi connectivity index (χ0) is 13.8. The Hall–Kier alpha value is -1.32. The quantitative estimate of drug-likeness (QED) is 0.860. The first-order valence-corrected chi connectivity index (χ1v) is 8.27. The minimum absolute atomic E-state index is 0.401. The van der Waals surface area contributed by atoms with Crippen LogP contribution in [0.1, 0.15) is 48.7 Å². The molecule has 2 unspecified atom stereocenters. The van der Waals surface area contributed by atoms with E-state index in [2.05, 4.69) is 48.0 Å². The number of thiophene rings is 1. The van der Waals surface area contributed by atoms with Crippen LogP contribution in [0.3, 0.4) is 0 Å². The molecule has 1 aromatic heterocycles. The zero-order valence-corrected chi connectivity index (χ0v) is 12.7. The summed E-state index contributed by atoms with van der Waals surface area (Å²) in [5.74, 6) is 1.04. The minimum Gasteiger partial charge on any atom is -0.493 e. The predicted octanol–water partition coefficient (Wildman–Crippen LogP) is 4.70. The summed E-state index contributed by atoms with van der Waals surface area (Å²) >= 11 is 1.85. The van der Waals surface area contributed by atoms with E-state index < -0.39 is 0 Å². The van der Waals surface area contributed by atoms with E-state index in [0.717, 1.165) is 18.8 Å². The molecule has 2 aromatic rings. The Morgan fingerprint density at radius 1 is 1.30 bits per heavy atom. The summed E-state index contributed by atoms with van der Waals surface area (Å²) in [6.45, 7) is 3.05. The van der Waals surface area contributed by atoms with E-state index in [-0.39, 0.29) is 0 Å². The fourth-order valence-corrected chi connectivity index (χ4v) is 3.67. The van der Waals surface area contributed by atoms with Gasteiger partial charge in [-0.2, -0.15) is 0 Å². The number of rotatable bonds is 5. The third kappa shape index (κ3) is 2.89. The summed E-state index contributed by atoms with van der Waals surface area (Å²) in [6.07, 6.45) is 3.42. The Bertz CT molecular complexity index is 538. The first kappa shape index (κ1) is 13.7. The molecular formula is C17H21NOS. The number of hydrogen-bond donors (Lipinski definition) is 1. The van der Waals surface area contributed by atoms with Crippen molar-refractivity contribution >= 4 is 11.3 Å². The molecule has 0 radical (unpaired) electrons. The predicted molar refractivity (Wildman–Crippen MR) is 84.4 cm³/mol. The average molecular weight is 287 g/mol. The lowest BCUT2D eigenvalue weighted by Crippen LogP contribution is -2.30. The second-order valence-electron chi connectivity index (χ2n) is 5.25. The standard InChI is InChI=1S/C17H21NOS/c1-2-6-15(17-9-5-12-20-17)18-14-10-11-19-16-8-4-3-7-13(14)16/h3-5,7-9,12,14-15,18H,2,6,10-11H2,1H3. The van der Waals surface area contributed by atoms with Crippen LogP contribution in [-0.2, 0) is 0 Å². The molecule has 0 fully saturated rings. The molecule has 3 heteroatoms. The summed E-state index contributed by atoms with van der Waals surface area (Å²) in [5, 5.41) is 6.01. The Kier molecular flexibility index (Phi) is 4.38. The van der Waals surface area contributed by atoms with Gasteiger partial charge < -0.3 is 10.1 Å². The second-order valence-corrected chi connectivity index (χ2v) is 6.23. The van der Waals surface area contributed by atoms with Crippen molar-refractivity contribution in [1.29, 1.82) is 0 Å². The van der Waals surface area contributed by atoms with Crippen LogP contribution in [0.4, 0.5) is 0 Å². The summed E-state index contributed by atoms with van der Waals surface area (Å²) in [6, 6.07) is 13.6. The van der Waals surface area contributed by atoms with Gasteiger partial charge in [0.05, 0.1) is 6.61 Å². The van der Waals surface area contributed by atoms with Gasteiger partial charge >= 0.3 is 0 Å². The molecule has 2 heterocycles. The molecule has 1 aliphatic rings. The number of hydrogen-bond acceptors (Lipinski definition) is 3. The SMILES string of the molecule is CCCC(NC1CCOc2ccccc21)c1cccs1. The van der Waals surface area contributed by atoms with Gasteiger partial charge in [-0.3, -0.25) is 0 Å². The molecule has 0 saturated heterocycles. The second kappa shape index (κ2) is 6.42. The number of benzene rings is 1. The number of para-hydroxylation sites is 1. The van der Waals surface area contributed by atoms with Gasteiger partial charge in [-0.05, 0) is 23.9 Å². The summed E-state index contributed by atoms with van der Waals surface area (Å²) < 4.78 is 5.75. The maximum atomic E-state index is 5.75. The van der Waals surface area contributed by atoms with Crippen LogP contribution in [0.5, 0.6) is 5.75 Å². The van der Waals surface area contributed by atoms with E-state index in [1.54, 1.807) is 0 Å². The lowest BCUT2D eigenvalue weighted by atomic mass is 9.98. The van der Waals surface area contributed by atoms with Crippen molar-refractivity contribution in [2.75, 3.05) is 6.61 Å². The van der Waals surface area contributed by atoms with Gasteiger partial charge in [-0.1, -0.05) is 37.6 Å². The fourth-order valence-electron chi connectivity index (χ4n) is 2.84. The van der Waals surface area contributed by atoms with Crippen LogP contribution in [0, 0.1) is 0 Å². The molecule has 1 aromatic carbocycles. The van der Waals surface area contributed by atoms with Crippen molar-refractivity contribution < 1.29 is 4.74 Å². The first-order chi connectivity index (χ1) is 9.88. The summed E-state index contributed by atoms with van der Waals surface area (Å²) in [7, 11) is 0. The molecule has 0 saturated carbocycles. The van der Waals surface area contributed by atoms with E-state index in [0.29, 0.717) is 12.1 Å². The highest BCUT2D eigenvalue weighted by molar-refractivity contribution is 7.10. The van der Waals surface area contributed by atoms with E-state index >= 15 is 0 Å². The highest BCUT2D eigenvalue weighted by Crippen LogP contribution is 2.34. The third-order valence-electron chi connectivity index (χ3n) is 3.82. The Morgan fingerprint density at radius 3 is 3.00 bits per heavy atom. The minimum atomic E-state index is 0.401. The lowest BCUT2D eigenvalue weighted by Gasteiger charge is -2.30. The van der Waals surface area contributed by atoms with Crippen molar-refractivity contribution in [3.8, 4) is 5.75 Å². The van der Waals surface area contributed by atoms with Crippen LogP contribution >= 0.6 is 11.3 Å². The molecule has 0 amide bonds. The highest BCUT2D eigenvalue weighted by Gasteiger charge is 2.24. The lowest BCUT2D eigenvalue weighted by molar-refractivity contribution is 0.242. The monoisotopic (exact) mass is 287 g/mol. The molecule has 1 aliphatic heterocycles. The molecule has 0 spiro atoms. The van der Waals surface area contributed by atoms with Crippen molar-refractivity contribution in [3.63, 3.8) is 0 Å². The highest BCUT2D eigenvalue weighted by atomic mass is 32.1. The molecule has 2 atom stereocenters. The smallest absolute Gasteiger partial charge is 0.124 e. The molecule has 3 rings (SSSR count). The first-order valence-electron chi connectivity index (χ1n) is 7.39. The van der Waals surface area contributed by atoms with Gasteiger partial charge in [0.1, 0.15) is 5.75 Å². The van der Waals surface area contributed by atoms with E-state index in [9.17, 15) is 0 Å². The zero-order valence-electron chi connectivity index (χ0n) is 11.8. The maximum Gasteiger partial charge on any atom is 0.124 e. The van der Waals surface area contributed by atoms with Crippen LogP contribution in [0.2, 0.25) is 0 Å². The molecular weight excluding hydrogens is 266 g/mol. The molecule has 0 bridgehead atoms. The summed E-state index contributed by atoms with van der Waals surface area (Å²) in [4.78, 5) is 1.44. The van der Waals surface area contributed by atoms with Gasteiger partial charge in [-0.15, -0.1) is 11.3 Å². The molecule has 1 N–H and O–H groups in total. The van der Waals surface area contributed by atoms with Gasteiger partial charge in [0.2, 0.25) is 0 Å². The van der Waals surface area contributed by atoms with Gasteiger partial charge in [0.25, 0.3) is 0 Å². The summed E-state index contributed by atoms with van der Waals surface area (Å²) in [5.41, 5.74) is 1.30. The van der Waals surface area contributed by atoms with E-state index in [4.69, 9.17) is 4.74 Å². The van der Waals surface area contributed by atoms with Gasteiger partial charge in [-0.25, -0.2) is 0 Å². The van der Waals surface area contributed by atoms with Crippen LogP contribution in [0.25, 0.3) is 0 Å². The van der Waals surface area contributed by atoms with Crippen molar-refractivity contribution in [3.05, 3.63) is 52.2 Å². The third-order valence-corrected chi connectivity index (χ3v) is 4.81. The van der Waals surface area contributed by atoms with Crippen molar-refractivity contribution in [2.45, 2.75) is 38.3 Å². The van der Waals surface area contributed by atoms with Crippen LogP contribution < -0.4 is 10.1 Å². The molecule has 106 valence electrons. The van der Waals surface area contributed by atoms with Gasteiger partial charge in [0.15, 0.2) is 0 Å². The Morgan fingerprint density at radius 2 is 2.20 bits per heavy atom. The topological polar surface area (TPSA) is 21.3 Å². The maximum absolute atomic E-state index is 5.75. The van der Waals surface area contributed by atoms with E-state index in [1.807, 2.05) is 17.4 Å². The van der Waals surface area contributed by atoms with Crippen LogP contribution in [-0.4, -0.2) is 6.61 Å². The fraction of sp³-hybridized carbons (Fsp3) is 0.412. The normalized spacial score (nSPS) is 19.1. The Balaban J connectivity index is 1.79. The average Bonchev–Trinajstić information content (AvgIpc) is 3.01. The molecule has 0 aliphatic carbocycles.